The van der Waals surface area contributed by atoms with Crippen molar-refractivity contribution >= 4 is 11.8 Å². The minimum Gasteiger partial charge on any atom is -0.497 e. The Hall–Kier alpha value is -3.47. The van der Waals surface area contributed by atoms with E-state index >= 15 is 0 Å². The van der Waals surface area contributed by atoms with E-state index < -0.39 is 0 Å². The molecule has 1 aliphatic rings. The Morgan fingerprint density at radius 2 is 1.45 bits per heavy atom. The number of aryl methyl sites for hydroxylation is 1. The van der Waals surface area contributed by atoms with Crippen molar-refractivity contribution in [3.8, 4) is 11.5 Å². The largest absolute Gasteiger partial charge is 0.497 e. The SMILES string of the molecule is COc1ccc([C@@H]2C(CCCc3ccccc3)OC(=O)N2c2ccc(OC)cc2)cc1. The normalized spacial score (nSPS) is 18.0. The topological polar surface area (TPSA) is 48.0 Å². The van der Waals surface area contributed by atoms with Crippen LogP contribution in [0, 0.1) is 0 Å². The highest BCUT2D eigenvalue weighted by molar-refractivity contribution is 5.91. The fraction of sp³-hybridized carbons (Fsp3) is 0.269. The van der Waals surface area contributed by atoms with Gasteiger partial charge >= 0.3 is 6.09 Å². The number of rotatable bonds is 8. The monoisotopic (exact) mass is 417 g/mol. The van der Waals surface area contributed by atoms with Crippen LogP contribution in [0.15, 0.2) is 78.9 Å². The molecule has 0 spiro atoms. The van der Waals surface area contributed by atoms with Crippen LogP contribution in [0.25, 0.3) is 0 Å². The van der Waals surface area contributed by atoms with Crippen LogP contribution in [-0.4, -0.2) is 26.4 Å². The van der Waals surface area contributed by atoms with Crippen molar-refractivity contribution in [1.82, 2.24) is 0 Å². The molecule has 5 nitrogen and oxygen atoms in total. The summed E-state index contributed by atoms with van der Waals surface area (Å²) in [5.41, 5.74) is 3.10. The van der Waals surface area contributed by atoms with E-state index in [1.54, 1.807) is 19.1 Å². The quantitative estimate of drug-likeness (QED) is 0.465. The van der Waals surface area contributed by atoms with Crippen LogP contribution in [0.4, 0.5) is 10.5 Å². The molecule has 1 fully saturated rings. The second kappa shape index (κ2) is 9.56. The van der Waals surface area contributed by atoms with E-state index in [0.29, 0.717) is 0 Å². The van der Waals surface area contributed by atoms with Crippen molar-refractivity contribution in [1.29, 1.82) is 0 Å². The number of carbonyl (C=O) groups excluding carboxylic acids is 1. The Labute approximate surface area is 183 Å². The van der Waals surface area contributed by atoms with E-state index in [2.05, 4.69) is 24.3 Å². The Balaban J connectivity index is 1.58. The summed E-state index contributed by atoms with van der Waals surface area (Å²) in [6, 6.07) is 25.5. The third-order valence-corrected chi connectivity index (χ3v) is 5.68. The summed E-state index contributed by atoms with van der Waals surface area (Å²) in [4.78, 5) is 14.7. The number of methoxy groups -OCH3 is 2. The smallest absolute Gasteiger partial charge is 0.415 e. The number of anilines is 1. The Morgan fingerprint density at radius 1 is 0.839 bits per heavy atom. The van der Waals surface area contributed by atoms with Crippen molar-refractivity contribution in [3.05, 3.63) is 90.0 Å². The van der Waals surface area contributed by atoms with Gasteiger partial charge in [0, 0.05) is 5.69 Å². The zero-order chi connectivity index (χ0) is 21.6. The van der Waals surface area contributed by atoms with Gasteiger partial charge in [-0.15, -0.1) is 0 Å². The molecule has 0 aromatic heterocycles. The lowest BCUT2D eigenvalue weighted by Crippen LogP contribution is -2.29. The molecular formula is C26H27NO4. The fourth-order valence-corrected chi connectivity index (χ4v) is 4.07. The summed E-state index contributed by atoms with van der Waals surface area (Å²) in [6.45, 7) is 0. The molecule has 160 valence electrons. The van der Waals surface area contributed by atoms with Gasteiger partial charge < -0.3 is 14.2 Å². The second-order valence-electron chi connectivity index (χ2n) is 7.59. The third-order valence-electron chi connectivity index (χ3n) is 5.68. The first-order valence-electron chi connectivity index (χ1n) is 10.5. The molecule has 1 heterocycles. The molecule has 2 atom stereocenters. The molecule has 31 heavy (non-hydrogen) atoms. The number of hydrogen-bond acceptors (Lipinski definition) is 4. The average Bonchev–Trinajstić information content (AvgIpc) is 3.15. The van der Waals surface area contributed by atoms with E-state index in [0.717, 1.165) is 42.0 Å². The van der Waals surface area contributed by atoms with E-state index in [1.807, 2.05) is 54.6 Å². The molecule has 3 aromatic carbocycles. The van der Waals surface area contributed by atoms with Crippen LogP contribution in [0.2, 0.25) is 0 Å². The van der Waals surface area contributed by atoms with Gasteiger partial charge in [-0.05, 0) is 66.8 Å². The molecule has 1 amide bonds. The van der Waals surface area contributed by atoms with Gasteiger partial charge in [0.15, 0.2) is 0 Å². The average molecular weight is 418 g/mol. The summed E-state index contributed by atoms with van der Waals surface area (Å²) in [5, 5.41) is 0. The number of benzene rings is 3. The van der Waals surface area contributed by atoms with Gasteiger partial charge in [0.1, 0.15) is 23.6 Å². The molecule has 0 aliphatic carbocycles. The van der Waals surface area contributed by atoms with Gasteiger partial charge in [0.2, 0.25) is 0 Å². The maximum absolute atomic E-state index is 12.9. The molecular weight excluding hydrogens is 390 g/mol. The molecule has 0 radical (unpaired) electrons. The predicted octanol–water partition coefficient (Wildman–Crippen LogP) is 5.79. The van der Waals surface area contributed by atoms with E-state index in [1.165, 1.54) is 5.56 Å². The van der Waals surface area contributed by atoms with E-state index in [9.17, 15) is 4.79 Å². The van der Waals surface area contributed by atoms with Crippen molar-refractivity contribution < 1.29 is 19.0 Å². The van der Waals surface area contributed by atoms with Crippen LogP contribution in [0.1, 0.15) is 30.0 Å². The van der Waals surface area contributed by atoms with Crippen LogP contribution in [0.5, 0.6) is 11.5 Å². The van der Waals surface area contributed by atoms with Crippen LogP contribution < -0.4 is 14.4 Å². The Kier molecular flexibility index (Phi) is 6.41. The lowest BCUT2D eigenvalue weighted by molar-refractivity contribution is 0.125. The van der Waals surface area contributed by atoms with Crippen LogP contribution >= 0.6 is 0 Å². The minimum atomic E-state index is -0.323. The van der Waals surface area contributed by atoms with E-state index in [-0.39, 0.29) is 18.2 Å². The number of amides is 1. The van der Waals surface area contributed by atoms with Gasteiger partial charge in [-0.3, -0.25) is 4.90 Å². The summed E-state index contributed by atoms with van der Waals surface area (Å²) in [5.74, 6) is 1.53. The van der Waals surface area contributed by atoms with Gasteiger partial charge in [0.25, 0.3) is 0 Å². The first-order valence-corrected chi connectivity index (χ1v) is 10.5. The standard InChI is InChI=1S/C26H27NO4/c1-29-22-15-11-20(12-16-22)25-24(10-6-9-19-7-4-3-5-8-19)31-26(28)27(25)21-13-17-23(30-2)18-14-21/h3-5,7-8,11-18,24-25H,6,9-10H2,1-2H3/t24?,25-/m1/s1. The van der Waals surface area contributed by atoms with E-state index in [4.69, 9.17) is 14.2 Å². The van der Waals surface area contributed by atoms with Gasteiger partial charge in [-0.1, -0.05) is 42.5 Å². The highest BCUT2D eigenvalue weighted by Gasteiger charge is 2.43. The Bertz CT molecular complexity index is 986. The number of nitrogens with zero attached hydrogens (tertiary/aromatic N) is 1. The summed E-state index contributed by atoms with van der Waals surface area (Å²) >= 11 is 0. The van der Waals surface area contributed by atoms with Gasteiger partial charge in [-0.2, -0.15) is 0 Å². The summed E-state index contributed by atoms with van der Waals surface area (Å²) in [6.07, 6.45) is 2.12. The van der Waals surface area contributed by atoms with Gasteiger partial charge in [-0.25, -0.2) is 4.79 Å². The van der Waals surface area contributed by atoms with Crippen LogP contribution in [-0.2, 0) is 11.2 Å². The zero-order valence-corrected chi connectivity index (χ0v) is 17.9. The molecule has 1 saturated heterocycles. The molecule has 1 aliphatic heterocycles. The molecule has 0 N–H and O–H groups in total. The van der Waals surface area contributed by atoms with Crippen molar-refractivity contribution in [3.63, 3.8) is 0 Å². The first-order chi connectivity index (χ1) is 15.2. The molecule has 0 saturated carbocycles. The maximum Gasteiger partial charge on any atom is 0.415 e. The third kappa shape index (κ3) is 4.66. The number of carbonyl (C=O) groups is 1. The van der Waals surface area contributed by atoms with Gasteiger partial charge in [0.05, 0.1) is 14.2 Å². The lowest BCUT2D eigenvalue weighted by atomic mass is 9.95. The van der Waals surface area contributed by atoms with Crippen LogP contribution in [0.3, 0.4) is 0 Å². The van der Waals surface area contributed by atoms with Crippen molar-refractivity contribution in [2.75, 3.05) is 19.1 Å². The molecule has 3 aromatic rings. The molecule has 4 rings (SSSR count). The minimum absolute atomic E-state index is 0.206. The zero-order valence-electron chi connectivity index (χ0n) is 17.9. The number of ether oxygens (including phenoxy) is 3. The first kappa shape index (κ1) is 20.8. The molecule has 1 unspecified atom stereocenters. The maximum atomic E-state index is 12.9. The fourth-order valence-electron chi connectivity index (χ4n) is 4.07. The van der Waals surface area contributed by atoms with Crippen molar-refractivity contribution in [2.24, 2.45) is 0 Å². The number of cyclic esters (lactones) is 1. The molecule has 5 heteroatoms. The Morgan fingerprint density at radius 3 is 2.06 bits per heavy atom. The molecule has 0 bridgehead atoms. The highest BCUT2D eigenvalue weighted by Crippen LogP contribution is 2.40. The summed E-state index contributed by atoms with van der Waals surface area (Å²) in [7, 11) is 3.27. The number of hydrogen-bond donors (Lipinski definition) is 0. The predicted molar refractivity (Wildman–Crippen MR) is 121 cm³/mol. The highest BCUT2D eigenvalue weighted by atomic mass is 16.6. The second-order valence-corrected chi connectivity index (χ2v) is 7.59. The summed E-state index contributed by atoms with van der Waals surface area (Å²) < 4.78 is 16.4. The van der Waals surface area contributed by atoms with Crippen molar-refractivity contribution in [2.45, 2.75) is 31.4 Å². The lowest BCUT2D eigenvalue weighted by Gasteiger charge is -2.25.